The average Bonchev–Trinajstić information content (AvgIpc) is 2.28. The molecule has 1 heterocycles. The molecule has 1 radical (unpaired) electrons. The van der Waals surface area contributed by atoms with E-state index in [0.717, 1.165) is 6.42 Å². The SMILES string of the molecule is CC(C)CC([C]=O)CC(=O)N1CCOCC1. The van der Waals surface area contributed by atoms with Gasteiger partial charge in [-0.05, 0) is 12.3 Å². The quantitative estimate of drug-likeness (QED) is 0.703. The molecule has 0 saturated carbocycles. The molecule has 0 aliphatic carbocycles. The second kappa shape index (κ2) is 6.63. The molecule has 1 saturated heterocycles. The molecule has 16 heavy (non-hydrogen) atoms. The second-order valence-electron chi connectivity index (χ2n) is 4.64. The molecule has 1 aliphatic rings. The highest BCUT2D eigenvalue weighted by molar-refractivity contribution is 5.79. The number of hydrogen-bond donors (Lipinski definition) is 0. The summed E-state index contributed by atoms with van der Waals surface area (Å²) in [5.41, 5.74) is 0. The molecule has 4 heteroatoms. The number of carbonyl (C=O) groups is 1. The fraction of sp³-hybridized carbons (Fsp3) is 0.833. The van der Waals surface area contributed by atoms with Gasteiger partial charge in [0.1, 0.15) is 0 Å². The maximum absolute atomic E-state index is 11.8. The molecule has 4 nitrogen and oxygen atoms in total. The Balaban J connectivity index is 2.38. The Bertz CT molecular complexity index is 234. The Hall–Kier alpha value is -0.900. The van der Waals surface area contributed by atoms with Gasteiger partial charge in [0.2, 0.25) is 12.2 Å². The average molecular weight is 226 g/mol. The molecule has 1 amide bonds. The summed E-state index contributed by atoms with van der Waals surface area (Å²) in [6, 6.07) is 0. The van der Waals surface area contributed by atoms with Crippen molar-refractivity contribution in [2.24, 2.45) is 11.8 Å². The molecule has 0 aromatic heterocycles. The summed E-state index contributed by atoms with van der Waals surface area (Å²) in [4.78, 5) is 24.4. The summed E-state index contributed by atoms with van der Waals surface area (Å²) in [6.07, 6.45) is 3.00. The summed E-state index contributed by atoms with van der Waals surface area (Å²) in [7, 11) is 0. The molecule has 0 spiro atoms. The molecule has 1 rings (SSSR count). The van der Waals surface area contributed by atoms with Crippen LogP contribution in [0.2, 0.25) is 0 Å². The van der Waals surface area contributed by atoms with Crippen molar-refractivity contribution in [3.63, 3.8) is 0 Å². The summed E-state index contributed by atoms with van der Waals surface area (Å²) in [6.45, 7) is 6.59. The van der Waals surface area contributed by atoms with E-state index in [1.807, 2.05) is 20.1 Å². The van der Waals surface area contributed by atoms with Gasteiger partial charge in [-0.15, -0.1) is 0 Å². The first-order valence-electron chi connectivity index (χ1n) is 5.86. The van der Waals surface area contributed by atoms with Crippen LogP contribution in [0.25, 0.3) is 0 Å². The van der Waals surface area contributed by atoms with Crippen LogP contribution < -0.4 is 0 Å². The Morgan fingerprint density at radius 1 is 1.38 bits per heavy atom. The first kappa shape index (κ1) is 13.2. The van der Waals surface area contributed by atoms with Crippen molar-refractivity contribution in [2.75, 3.05) is 26.3 Å². The van der Waals surface area contributed by atoms with E-state index < -0.39 is 0 Å². The van der Waals surface area contributed by atoms with Gasteiger partial charge >= 0.3 is 0 Å². The van der Waals surface area contributed by atoms with Crippen LogP contribution in [0.3, 0.4) is 0 Å². The van der Waals surface area contributed by atoms with Gasteiger partial charge < -0.3 is 9.64 Å². The summed E-state index contributed by atoms with van der Waals surface area (Å²) in [5.74, 6) is 0.219. The Kier molecular flexibility index (Phi) is 5.46. The molecule has 1 aliphatic heterocycles. The fourth-order valence-corrected chi connectivity index (χ4v) is 1.89. The molecule has 0 aromatic carbocycles. The number of nitrogens with zero attached hydrogens (tertiary/aromatic N) is 1. The van der Waals surface area contributed by atoms with Gasteiger partial charge in [0.25, 0.3) is 0 Å². The van der Waals surface area contributed by atoms with Crippen LogP contribution in [0.5, 0.6) is 0 Å². The zero-order valence-electron chi connectivity index (χ0n) is 10.1. The molecule has 1 unspecified atom stereocenters. The lowest BCUT2D eigenvalue weighted by Gasteiger charge is -2.27. The molecule has 0 N–H and O–H groups in total. The minimum Gasteiger partial charge on any atom is -0.378 e. The van der Waals surface area contributed by atoms with Crippen molar-refractivity contribution in [3.05, 3.63) is 0 Å². The molecule has 1 atom stereocenters. The monoisotopic (exact) mass is 226 g/mol. The van der Waals surface area contributed by atoms with Gasteiger partial charge in [0.05, 0.1) is 13.2 Å². The summed E-state index contributed by atoms with van der Waals surface area (Å²) >= 11 is 0. The van der Waals surface area contributed by atoms with Crippen molar-refractivity contribution in [3.8, 4) is 0 Å². The highest BCUT2D eigenvalue weighted by atomic mass is 16.5. The molecule has 1 fully saturated rings. The predicted molar refractivity (Wildman–Crippen MR) is 60.7 cm³/mol. The van der Waals surface area contributed by atoms with Gasteiger partial charge in [-0.3, -0.25) is 9.59 Å². The van der Waals surface area contributed by atoms with Crippen LogP contribution in [0.1, 0.15) is 26.7 Å². The van der Waals surface area contributed by atoms with Crippen LogP contribution in [0.4, 0.5) is 0 Å². The van der Waals surface area contributed by atoms with E-state index in [1.165, 1.54) is 0 Å². The lowest BCUT2D eigenvalue weighted by Crippen LogP contribution is -2.41. The topological polar surface area (TPSA) is 46.6 Å². The van der Waals surface area contributed by atoms with Crippen molar-refractivity contribution in [1.82, 2.24) is 4.90 Å². The van der Waals surface area contributed by atoms with E-state index in [9.17, 15) is 9.59 Å². The van der Waals surface area contributed by atoms with Crippen LogP contribution in [-0.4, -0.2) is 43.4 Å². The van der Waals surface area contributed by atoms with E-state index in [2.05, 4.69) is 0 Å². The maximum Gasteiger partial charge on any atom is 0.223 e. The van der Waals surface area contributed by atoms with Gasteiger partial charge in [0.15, 0.2) is 0 Å². The largest absolute Gasteiger partial charge is 0.378 e. The third-order valence-electron chi connectivity index (χ3n) is 2.71. The van der Waals surface area contributed by atoms with E-state index >= 15 is 0 Å². The Morgan fingerprint density at radius 2 is 2.00 bits per heavy atom. The lowest BCUT2D eigenvalue weighted by molar-refractivity contribution is -0.135. The number of amides is 1. The smallest absolute Gasteiger partial charge is 0.223 e. The minimum absolute atomic E-state index is 0.0531. The number of carbonyl (C=O) groups excluding carboxylic acids is 2. The second-order valence-corrected chi connectivity index (χ2v) is 4.64. The van der Waals surface area contributed by atoms with Gasteiger partial charge in [-0.2, -0.15) is 0 Å². The molecule has 91 valence electrons. The van der Waals surface area contributed by atoms with E-state index in [-0.39, 0.29) is 11.8 Å². The van der Waals surface area contributed by atoms with Crippen molar-refractivity contribution in [2.45, 2.75) is 26.7 Å². The first-order chi connectivity index (χ1) is 7.63. The highest BCUT2D eigenvalue weighted by Gasteiger charge is 2.21. The minimum atomic E-state index is -0.254. The normalized spacial score (nSPS) is 18.6. The van der Waals surface area contributed by atoms with Crippen molar-refractivity contribution < 1.29 is 14.3 Å². The maximum atomic E-state index is 11.8. The van der Waals surface area contributed by atoms with Crippen LogP contribution in [0.15, 0.2) is 0 Å². The number of hydrogen-bond acceptors (Lipinski definition) is 3. The number of ether oxygens (including phenoxy) is 1. The molecule has 0 bridgehead atoms. The van der Waals surface area contributed by atoms with Crippen LogP contribution >= 0.6 is 0 Å². The highest BCUT2D eigenvalue weighted by Crippen LogP contribution is 2.15. The van der Waals surface area contributed by atoms with E-state index in [0.29, 0.717) is 38.6 Å². The van der Waals surface area contributed by atoms with Crippen LogP contribution in [0, 0.1) is 11.8 Å². The molecular weight excluding hydrogens is 206 g/mol. The summed E-state index contributed by atoms with van der Waals surface area (Å²) < 4.78 is 5.17. The van der Waals surface area contributed by atoms with Gasteiger partial charge in [0, 0.05) is 25.4 Å². The molecule has 0 aromatic rings. The van der Waals surface area contributed by atoms with E-state index in [4.69, 9.17) is 4.74 Å². The van der Waals surface area contributed by atoms with Gasteiger partial charge in [-0.1, -0.05) is 13.8 Å². The zero-order valence-corrected chi connectivity index (χ0v) is 10.1. The van der Waals surface area contributed by atoms with Gasteiger partial charge in [-0.25, -0.2) is 0 Å². The fourth-order valence-electron chi connectivity index (χ4n) is 1.89. The number of rotatable bonds is 5. The van der Waals surface area contributed by atoms with E-state index in [1.54, 1.807) is 4.90 Å². The third-order valence-corrected chi connectivity index (χ3v) is 2.71. The standard InChI is InChI=1S/C12H20NO3/c1-10(2)7-11(9-14)8-12(15)13-3-5-16-6-4-13/h10-11H,3-8H2,1-2H3. The van der Waals surface area contributed by atoms with Crippen LogP contribution in [-0.2, 0) is 14.3 Å². The Labute approximate surface area is 96.9 Å². The third kappa shape index (κ3) is 4.31. The lowest BCUT2D eigenvalue weighted by atomic mass is 9.95. The number of morpholine rings is 1. The molecular formula is C12H20NO3. The first-order valence-corrected chi connectivity index (χ1v) is 5.86. The van der Waals surface area contributed by atoms with Crippen molar-refractivity contribution >= 4 is 12.2 Å². The Morgan fingerprint density at radius 3 is 2.50 bits per heavy atom. The van der Waals surface area contributed by atoms with Crippen molar-refractivity contribution in [1.29, 1.82) is 0 Å². The predicted octanol–water partition coefficient (Wildman–Crippen LogP) is 1.01. The zero-order chi connectivity index (χ0) is 12.0. The summed E-state index contributed by atoms with van der Waals surface area (Å²) in [5, 5.41) is 0.